The summed E-state index contributed by atoms with van der Waals surface area (Å²) in [4.78, 5) is 13.5. The van der Waals surface area contributed by atoms with E-state index >= 15 is 0 Å². The molecule has 1 aromatic heterocycles. The fourth-order valence-electron chi connectivity index (χ4n) is 6.93. The maximum absolute atomic E-state index is 14.3. The molecule has 5 aromatic rings. The molecule has 0 radical (unpaired) electrons. The summed E-state index contributed by atoms with van der Waals surface area (Å²) in [6, 6.07) is 36.6. The minimum absolute atomic E-state index is 0.157. The van der Waals surface area contributed by atoms with Gasteiger partial charge in [0.1, 0.15) is 6.10 Å². The summed E-state index contributed by atoms with van der Waals surface area (Å²) in [5, 5.41) is 2.77. The Hall–Kier alpha value is -4.02. The smallest absolute Gasteiger partial charge is 0.311 e. The first-order valence-electron chi connectivity index (χ1n) is 15.9. The lowest BCUT2D eigenvalue weighted by Crippen LogP contribution is -2.67. The zero-order valence-electron chi connectivity index (χ0n) is 27.4. The van der Waals surface area contributed by atoms with Crippen molar-refractivity contribution in [2.24, 2.45) is 5.92 Å². The van der Waals surface area contributed by atoms with Crippen molar-refractivity contribution in [1.82, 2.24) is 3.97 Å². The predicted molar refractivity (Wildman–Crippen MR) is 187 cm³/mol. The van der Waals surface area contributed by atoms with E-state index in [4.69, 9.17) is 13.9 Å². The van der Waals surface area contributed by atoms with Gasteiger partial charge in [-0.15, -0.1) is 0 Å². The Kier molecular flexibility index (Phi) is 9.02. The van der Waals surface area contributed by atoms with Crippen LogP contribution in [0.25, 0.3) is 10.9 Å². The van der Waals surface area contributed by atoms with E-state index in [2.05, 4.69) is 45.0 Å². The maximum Gasteiger partial charge on any atom is 0.311 e. The van der Waals surface area contributed by atoms with E-state index in [1.165, 1.54) is 11.1 Å². The van der Waals surface area contributed by atoms with Crippen LogP contribution in [0.5, 0.6) is 0 Å². The summed E-state index contributed by atoms with van der Waals surface area (Å²) >= 11 is 0. The van der Waals surface area contributed by atoms with Crippen molar-refractivity contribution in [2.45, 2.75) is 56.3 Å². The molecule has 2 heterocycles. The molecule has 6 rings (SSSR count). The standard InChI is InChI=1S/C38H41NO6SSi/c1-27-20-22-30(23-21-27)46(41,42)39-34-19-13-12-14-28(34)24-35(39)36-33(37(40)43-5)25-29(45-36)26-44-47(38(2,3)4,31-15-8-6-9-16-31)32-17-10-7-11-18-32/h6-24,29,33,36H,25-26H2,1-5H3/t29-,33+,36+/m1/s1. The molecule has 0 aliphatic carbocycles. The molecule has 1 fully saturated rings. The summed E-state index contributed by atoms with van der Waals surface area (Å²) in [6.07, 6.45) is -1.04. The molecule has 1 saturated heterocycles. The number of fused-ring (bicyclic) bond motifs is 1. The maximum atomic E-state index is 14.3. The lowest BCUT2D eigenvalue weighted by atomic mass is 9.97. The van der Waals surface area contributed by atoms with Crippen LogP contribution in [0.1, 0.15) is 44.6 Å². The van der Waals surface area contributed by atoms with Crippen molar-refractivity contribution in [3.05, 3.63) is 127 Å². The van der Waals surface area contributed by atoms with Gasteiger partial charge in [0.15, 0.2) is 0 Å². The van der Waals surface area contributed by atoms with Crippen molar-refractivity contribution in [3.63, 3.8) is 0 Å². The Morgan fingerprint density at radius 1 is 0.872 bits per heavy atom. The van der Waals surface area contributed by atoms with Gasteiger partial charge in [-0.05, 0) is 53.0 Å². The van der Waals surface area contributed by atoms with Crippen LogP contribution in [0.3, 0.4) is 0 Å². The molecular formula is C38H41NO6SSi. The van der Waals surface area contributed by atoms with Crippen LogP contribution in [-0.4, -0.2) is 46.5 Å². The molecule has 7 nitrogen and oxygen atoms in total. The van der Waals surface area contributed by atoms with Gasteiger partial charge in [0.05, 0.1) is 41.8 Å². The quantitative estimate of drug-likeness (QED) is 0.134. The second-order valence-electron chi connectivity index (χ2n) is 13.2. The Balaban J connectivity index is 1.41. The first-order chi connectivity index (χ1) is 22.5. The SMILES string of the molecule is COC(=O)[C@H]1C[C@H](CO[Si](c2ccccc2)(c2ccccc2)C(C)(C)C)O[C@@H]1c1cc2ccccc2n1S(=O)(=O)c1ccc(C)cc1. The third kappa shape index (κ3) is 5.97. The number of hydrogen-bond donors (Lipinski definition) is 0. The molecule has 0 N–H and O–H groups in total. The minimum Gasteiger partial charge on any atom is -0.469 e. The molecule has 47 heavy (non-hydrogen) atoms. The molecule has 0 bridgehead atoms. The van der Waals surface area contributed by atoms with Gasteiger partial charge in [-0.1, -0.05) is 117 Å². The minimum atomic E-state index is -4.05. The number of methoxy groups -OCH3 is 1. The van der Waals surface area contributed by atoms with E-state index in [0.29, 0.717) is 17.6 Å². The van der Waals surface area contributed by atoms with E-state index < -0.39 is 42.4 Å². The Morgan fingerprint density at radius 2 is 1.45 bits per heavy atom. The number of carbonyl (C=O) groups is 1. The van der Waals surface area contributed by atoms with Crippen molar-refractivity contribution in [3.8, 4) is 0 Å². The highest BCUT2D eigenvalue weighted by molar-refractivity contribution is 7.90. The van der Waals surface area contributed by atoms with Gasteiger partial charge >= 0.3 is 5.97 Å². The molecule has 244 valence electrons. The van der Waals surface area contributed by atoms with Gasteiger partial charge in [-0.3, -0.25) is 4.79 Å². The highest BCUT2D eigenvalue weighted by Gasteiger charge is 2.52. The van der Waals surface area contributed by atoms with E-state index in [-0.39, 0.29) is 16.5 Å². The summed E-state index contributed by atoms with van der Waals surface area (Å²) in [7, 11) is -5.58. The number of hydrogen-bond acceptors (Lipinski definition) is 6. The summed E-state index contributed by atoms with van der Waals surface area (Å²) in [6.45, 7) is 8.77. The molecule has 1 aliphatic rings. The van der Waals surface area contributed by atoms with E-state index in [1.807, 2.05) is 61.5 Å². The number of esters is 1. The average Bonchev–Trinajstić information content (AvgIpc) is 3.68. The summed E-state index contributed by atoms with van der Waals surface area (Å²) in [5.41, 5.74) is 1.85. The third-order valence-corrected chi connectivity index (χ3v) is 15.9. The largest absolute Gasteiger partial charge is 0.469 e. The van der Waals surface area contributed by atoms with Crippen LogP contribution in [0.15, 0.2) is 120 Å². The van der Waals surface area contributed by atoms with Crippen molar-refractivity contribution < 1.29 is 27.1 Å². The first-order valence-corrected chi connectivity index (χ1v) is 19.2. The Bertz CT molecular complexity index is 1930. The number of benzene rings is 4. The van der Waals surface area contributed by atoms with Crippen molar-refractivity contribution in [1.29, 1.82) is 0 Å². The van der Waals surface area contributed by atoms with E-state index in [9.17, 15) is 13.2 Å². The second-order valence-corrected chi connectivity index (χ2v) is 19.3. The lowest BCUT2D eigenvalue weighted by molar-refractivity contribution is -0.147. The van der Waals surface area contributed by atoms with Gasteiger partial charge in [0.25, 0.3) is 18.3 Å². The van der Waals surface area contributed by atoms with Crippen LogP contribution in [0.4, 0.5) is 0 Å². The Labute approximate surface area is 278 Å². The molecule has 9 heteroatoms. The summed E-state index contributed by atoms with van der Waals surface area (Å²) < 4.78 is 49.0. The molecule has 0 amide bonds. The van der Waals surface area contributed by atoms with Crippen molar-refractivity contribution in [2.75, 3.05) is 13.7 Å². The second kappa shape index (κ2) is 12.9. The van der Waals surface area contributed by atoms with Gasteiger partial charge in [-0.25, -0.2) is 12.4 Å². The molecule has 4 aromatic carbocycles. The topological polar surface area (TPSA) is 83.8 Å². The monoisotopic (exact) mass is 667 g/mol. The molecule has 0 saturated carbocycles. The number of rotatable bonds is 9. The van der Waals surface area contributed by atoms with Crippen LogP contribution in [0, 0.1) is 12.8 Å². The van der Waals surface area contributed by atoms with Crippen LogP contribution >= 0.6 is 0 Å². The first kappa shape index (κ1) is 32.9. The number of aryl methyl sites for hydroxylation is 1. The molecule has 0 spiro atoms. The lowest BCUT2D eigenvalue weighted by Gasteiger charge is -2.43. The number of ether oxygens (including phenoxy) is 2. The van der Waals surface area contributed by atoms with E-state index in [0.717, 1.165) is 21.3 Å². The zero-order chi connectivity index (χ0) is 33.4. The number of carbonyl (C=O) groups excluding carboxylic acids is 1. The fourth-order valence-corrected chi connectivity index (χ4v) is 13.1. The number of nitrogens with zero attached hydrogens (tertiary/aromatic N) is 1. The highest BCUT2D eigenvalue weighted by Crippen LogP contribution is 2.44. The summed E-state index contributed by atoms with van der Waals surface area (Å²) in [5.74, 6) is -1.18. The molecular weight excluding hydrogens is 627 g/mol. The third-order valence-electron chi connectivity index (χ3n) is 9.17. The van der Waals surface area contributed by atoms with E-state index in [1.54, 1.807) is 36.4 Å². The van der Waals surface area contributed by atoms with Crippen LogP contribution < -0.4 is 10.4 Å². The van der Waals surface area contributed by atoms with Gasteiger partial charge in [0, 0.05) is 5.39 Å². The predicted octanol–water partition coefficient (Wildman–Crippen LogP) is 6.38. The normalized spacial score (nSPS) is 18.8. The fraction of sp³-hybridized carbons (Fsp3) is 0.289. The van der Waals surface area contributed by atoms with Gasteiger partial charge in [-0.2, -0.15) is 0 Å². The van der Waals surface area contributed by atoms with Crippen LogP contribution in [0.2, 0.25) is 5.04 Å². The van der Waals surface area contributed by atoms with Crippen molar-refractivity contribution >= 4 is 45.6 Å². The highest BCUT2D eigenvalue weighted by atomic mass is 32.2. The molecule has 1 aliphatic heterocycles. The molecule has 3 atom stereocenters. The average molecular weight is 668 g/mol. The number of para-hydroxylation sites is 1. The Morgan fingerprint density at radius 3 is 2.02 bits per heavy atom. The zero-order valence-corrected chi connectivity index (χ0v) is 29.2. The van der Waals surface area contributed by atoms with Crippen LogP contribution in [-0.2, 0) is 28.7 Å². The molecule has 0 unspecified atom stereocenters. The van der Waals surface area contributed by atoms with Gasteiger partial charge in [0.2, 0.25) is 0 Å². The number of aromatic nitrogens is 1. The van der Waals surface area contributed by atoms with Gasteiger partial charge < -0.3 is 13.9 Å².